The minimum absolute atomic E-state index is 0. The zero-order valence-electron chi connectivity index (χ0n) is 15.9. The minimum atomic E-state index is 0. The summed E-state index contributed by atoms with van der Waals surface area (Å²) in [5.41, 5.74) is 5.99. The Balaban J connectivity index is 0.00000210. The number of nitrogens with one attached hydrogen (secondary N) is 1. The van der Waals surface area contributed by atoms with Crippen molar-refractivity contribution in [1.82, 2.24) is 14.7 Å². The molecule has 6 heteroatoms. The molecule has 1 N–H and O–H groups in total. The number of aryl methyl sites for hydroxylation is 1. The highest BCUT2D eigenvalue weighted by Gasteiger charge is 2.22. The number of para-hydroxylation sites is 1. The van der Waals surface area contributed by atoms with E-state index in [9.17, 15) is 0 Å². The predicted molar refractivity (Wildman–Crippen MR) is 123 cm³/mol. The molecule has 4 rings (SSSR count). The first kappa shape index (κ1) is 19.7. The molecule has 0 fully saturated rings. The van der Waals surface area contributed by atoms with Crippen molar-refractivity contribution in [1.29, 1.82) is 0 Å². The molecule has 0 atom stereocenters. The fraction of sp³-hybridized carbons (Fsp3) is 0.333. The Bertz CT molecular complexity index is 947. The van der Waals surface area contributed by atoms with Crippen LogP contribution in [0.1, 0.15) is 23.7 Å². The summed E-state index contributed by atoms with van der Waals surface area (Å²) in [4.78, 5) is 11.9. The third-order valence-corrected chi connectivity index (χ3v) is 4.84. The van der Waals surface area contributed by atoms with Crippen molar-refractivity contribution in [2.45, 2.75) is 26.7 Å². The van der Waals surface area contributed by atoms with Crippen LogP contribution in [0.15, 0.2) is 53.8 Å². The number of imidazole rings is 1. The highest BCUT2D eigenvalue weighted by Crippen LogP contribution is 2.27. The van der Waals surface area contributed by atoms with Gasteiger partial charge in [-0.15, -0.1) is 24.0 Å². The Hall–Kier alpha value is -2.09. The molecule has 3 aromatic rings. The molecule has 0 saturated carbocycles. The molecule has 0 unspecified atom stereocenters. The van der Waals surface area contributed by atoms with Crippen LogP contribution in [0, 0.1) is 6.92 Å². The Morgan fingerprint density at radius 2 is 2.07 bits per heavy atom. The van der Waals surface area contributed by atoms with E-state index < -0.39 is 0 Å². The van der Waals surface area contributed by atoms with Gasteiger partial charge in [-0.2, -0.15) is 0 Å². The molecule has 1 aliphatic heterocycles. The number of benzene rings is 1. The molecule has 0 radical (unpaired) electrons. The van der Waals surface area contributed by atoms with E-state index >= 15 is 0 Å². The second kappa shape index (κ2) is 8.73. The SMILES string of the molecule is CCNC(=NCCc1cn2cccc(C)c2n1)N1CCc2ccccc21.I. The summed E-state index contributed by atoms with van der Waals surface area (Å²) in [5.74, 6) is 0.970. The van der Waals surface area contributed by atoms with Crippen LogP contribution in [0.25, 0.3) is 5.65 Å². The van der Waals surface area contributed by atoms with Gasteiger partial charge >= 0.3 is 0 Å². The Labute approximate surface area is 177 Å². The summed E-state index contributed by atoms with van der Waals surface area (Å²) in [6.45, 7) is 6.79. The molecule has 3 heterocycles. The number of hydrogen-bond acceptors (Lipinski definition) is 2. The van der Waals surface area contributed by atoms with Gasteiger partial charge in [0.05, 0.1) is 5.69 Å². The van der Waals surface area contributed by atoms with E-state index in [1.807, 2.05) is 6.20 Å². The van der Waals surface area contributed by atoms with Crippen LogP contribution in [0.4, 0.5) is 5.69 Å². The largest absolute Gasteiger partial charge is 0.356 e. The number of rotatable bonds is 4. The number of anilines is 1. The lowest BCUT2D eigenvalue weighted by Gasteiger charge is -2.22. The molecule has 0 aliphatic carbocycles. The third kappa shape index (κ3) is 4.10. The summed E-state index contributed by atoms with van der Waals surface area (Å²) < 4.78 is 2.09. The Morgan fingerprint density at radius 3 is 2.89 bits per heavy atom. The van der Waals surface area contributed by atoms with Gasteiger partial charge in [0, 0.05) is 44.1 Å². The summed E-state index contributed by atoms with van der Waals surface area (Å²) >= 11 is 0. The fourth-order valence-corrected chi connectivity index (χ4v) is 3.55. The van der Waals surface area contributed by atoms with Crippen molar-refractivity contribution in [2.24, 2.45) is 4.99 Å². The van der Waals surface area contributed by atoms with Gasteiger partial charge in [-0.1, -0.05) is 24.3 Å². The lowest BCUT2D eigenvalue weighted by molar-refractivity contribution is 0.864. The first-order chi connectivity index (χ1) is 12.8. The van der Waals surface area contributed by atoms with Crippen molar-refractivity contribution in [3.05, 3.63) is 65.6 Å². The molecule has 0 amide bonds. The van der Waals surface area contributed by atoms with E-state index in [4.69, 9.17) is 9.98 Å². The summed E-state index contributed by atoms with van der Waals surface area (Å²) in [6.07, 6.45) is 6.07. The fourth-order valence-electron chi connectivity index (χ4n) is 3.55. The molecule has 0 spiro atoms. The van der Waals surface area contributed by atoms with Crippen molar-refractivity contribution in [3.63, 3.8) is 0 Å². The van der Waals surface area contributed by atoms with Gasteiger partial charge in [0.1, 0.15) is 5.65 Å². The van der Waals surface area contributed by atoms with Crippen LogP contribution in [0.3, 0.4) is 0 Å². The van der Waals surface area contributed by atoms with Crippen LogP contribution in [0.2, 0.25) is 0 Å². The van der Waals surface area contributed by atoms with Gasteiger partial charge in [-0.25, -0.2) is 4.98 Å². The van der Waals surface area contributed by atoms with Crippen LogP contribution in [-0.2, 0) is 12.8 Å². The first-order valence-corrected chi connectivity index (χ1v) is 9.33. The quantitative estimate of drug-likeness (QED) is 0.355. The van der Waals surface area contributed by atoms with Crippen molar-refractivity contribution >= 4 is 41.3 Å². The van der Waals surface area contributed by atoms with Crippen LogP contribution in [-0.4, -0.2) is 35.0 Å². The van der Waals surface area contributed by atoms with E-state index in [-0.39, 0.29) is 24.0 Å². The van der Waals surface area contributed by atoms with Crippen LogP contribution >= 0.6 is 24.0 Å². The zero-order valence-corrected chi connectivity index (χ0v) is 18.2. The maximum Gasteiger partial charge on any atom is 0.198 e. The van der Waals surface area contributed by atoms with Gasteiger partial charge in [0.15, 0.2) is 5.96 Å². The lowest BCUT2D eigenvalue weighted by atomic mass is 10.2. The molecular weight excluding hydrogens is 449 g/mol. The number of guanidine groups is 1. The molecule has 1 aliphatic rings. The molecule has 0 bridgehead atoms. The van der Waals surface area contributed by atoms with E-state index in [1.54, 1.807) is 0 Å². The topological polar surface area (TPSA) is 44.9 Å². The first-order valence-electron chi connectivity index (χ1n) is 9.33. The Kier molecular flexibility index (Phi) is 6.36. The minimum Gasteiger partial charge on any atom is -0.356 e. The number of aromatic nitrogens is 2. The average molecular weight is 475 g/mol. The number of hydrogen-bond donors (Lipinski definition) is 1. The molecule has 5 nitrogen and oxygen atoms in total. The van der Waals surface area contributed by atoms with Gasteiger partial charge in [-0.05, 0) is 43.5 Å². The molecular formula is C21H26IN5. The molecule has 1 aromatic carbocycles. The summed E-state index contributed by atoms with van der Waals surface area (Å²) in [6, 6.07) is 12.7. The molecule has 0 saturated heterocycles. The Morgan fingerprint density at radius 1 is 1.22 bits per heavy atom. The smallest absolute Gasteiger partial charge is 0.198 e. The second-order valence-electron chi connectivity index (χ2n) is 6.67. The number of pyridine rings is 1. The highest BCUT2D eigenvalue weighted by atomic mass is 127. The van der Waals surface area contributed by atoms with E-state index in [2.05, 4.69) is 71.1 Å². The van der Waals surface area contributed by atoms with Crippen LogP contribution < -0.4 is 10.2 Å². The highest BCUT2D eigenvalue weighted by molar-refractivity contribution is 14.0. The monoisotopic (exact) mass is 475 g/mol. The molecule has 142 valence electrons. The van der Waals surface area contributed by atoms with Crippen LogP contribution in [0.5, 0.6) is 0 Å². The number of nitrogens with zero attached hydrogens (tertiary/aromatic N) is 4. The maximum absolute atomic E-state index is 4.86. The van der Waals surface area contributed by atoms with Gasteiger partial charge in [0.25, 0.3) is 0 Å². The molecule has 27 heavy (non-hydrogen) atoms. The van der Waals surface area contributed by atoms with E-state index in [1.165, 1.54) is 16.8 Å². The molecule has 2 aromatic heterocycles. The van der Waals surface area contributed by atoms with Crippen molar-refractivity contribution < 1.29 is 0 Å². The number of halogens is 1. The average Bonchev–Trinajstić information content (AvgIpc) is 3.26. The van der Waals surface area contributed by atoms with E-state index in [0.717, 1.165) is 49.8 Å². The lowest BCUT2D eigenvalue weighted by Crippen LogP contribution is -2.40. The maximum atomic E-state index is 4.86. The standard InChI is InChI=1S/C21H25N5.HI/c1-3-22-21(26-14-11-17-8-4-5-9-19(17)26)23-12-10-18-15-25-13-6-7-16(2)20(25)24-18;/h4-9,13,15H,3,10-12,14H2,1-2H3,(H,22,23);1H. The van der Waals surface area contributed by atoms with Gasteiger partial charge < -0.3 is 14.6 Å². The second-order valence-corrected chi connectivity index (χ2v) is 6.67. The normalized spacial score (nSPS) is 13.6. The van der Waals surface area contributed by atoms with Gasteiger partial charge in [-0.3, -0.25) is 4.99 Å². The zero-order chi connectivity index (χ0) is 17.9. The number of fused-ring (bicyclic) bond motifs is 2. The third-order valence-electron chi connectivity index (χ3n) is 4.84. The number of aliphatic imine (C=N–C) groups is 1. The van der Waals surface area contributed by atoms with Crippen molar-refractivity contribution in [2.75, 3.05) is 24.5 Å². The summed E-state index contributed by atoms with van der Waals surface area (Å²) in [7, 11) is 0. The van der Waals surface area contributed by atoms with Crippen molar-refractivity contribution in [3.8, 4) is 0 Å². The summed E-state index contributed by atoms with van der Waals surface area (Å²) in [5, 5.41) is 3.44. The van der Waals surface area contributed by atoms with Gasteiger partial charge in [0.2, 0.25) is 0 Å². The predicted octanol–water partition coefficient (Wildman–Crippen LogP) is 3.83. The van der Waals surface area contributed by atoms with E-state index in [0.29, 0.717) is 0 Å².